The molecule has 27 heavy (non-hydrogen) atoms. The van der Waals surface area contributed by atoms with E-state index in [-0.39, 0.29) is 24.0 Å². The number of aryl methyl sites for hydroxylation is 1. The second-order valence-electron chi connectivity index (χ2n) is 7.73. The number of thiophene rings is 1. The number of hydrogen-bond acceptors (Lipinski definition) is 6. The zero-order valence-corrected chi connectivity index (χ0v) is 16.3. The lowest BCUT2D eigenvalue weighted by Crippen LogP contribution is -2.47. The van der Waals surface area contributed by atoms with Gasteiger partial charge < -0.3 is 15.1 Å². The van der Waals surface area contributed by atoms with E-state index in [1.807, 2.05) is 0 Å². The maximum atomic E-state index is 11.3. The van der Waals surface area contributed by atoms with Gasteiger partial charge in [0.25, 0.3) is 0 Å². The molecule has 1 saturated carbocycles. The van der Waals surface area contributed by atoms with E-state index in [9.17, 15) is 9.90 Å². The second kappa shape index (κ2) is 7.39. The van der Waals surface area contributed by atoms with E-state index < -0.39 is 5.97 Å². The molecule has 2 N–H and O–H groups in total. The lowest BCUT2D eigenvalue weighted by Gasteiger charge is -2.39. The first-order valence-corrected chi connectivity index (χ1v) is 10.5. The molecule has 1 fully saturated rings. The average molecular weight is 385 g/mol. The number of nitrogens with one attached hydrogen (secondary N) is 1. The highest BCUT2D eigenvalue weighted by Crippen LogP contribution is 2.47. The molecule has 0 bridgehead atoms. The summed E-state index contributed by atoms with van der Waals surface area (Å²) in [5, 5.41) is 13.2. The highest BCUT2D eigenvalue weighted by Gasteiger charge is 2.35. The van der Waals surface area contributed by atoms with E-state index in [0.717, 1.165) is 60.7 Å². The minimum atomic E-state index is -0.760. The van der Waals surface area contributed by atoms with Crippen molar-refractivity contribution in [2.45, 2.75) is 75.9 Å². The van der Waals surface area contributed by atoms with Crippen LogP contribution in [0.1, 0.15) is 68.2 Å². The molecule has 2 aliphatic carbocycles. The Kier molecular flexibility index (Phi) is 5.12. The quantitative estimate of drug-likeness (QED) is 0.742. The van der Waals surface area contributed by atoms with Gasteiger partial charge in [0.1, 0.15) is 17.3 Å². The smallest absolute Gasteiger partial charge is 0.303 e. The Morgan fingerprint density at radius 3 is 2.85 bits per heavy atom. The second-order valence-corrected chi connectivity index (χ2v) is 8.81. The summed E-state index contributed by atoms with van der Waals surface area (Å²) in [6, 6.07) is 0. The fraction of sp³-hybridized carbons (Fsp3) is 0.632. The molecule has 4 rings (SSSR count). The summed E-state index contributed by atoms with van der Waals surface area (Å²) in [6.45, 7) is 2.16. The van der Waals surface area contributed by atoms with Crippen molar-refractivity contribution in [2.24, 2.45) is 0 Å². The molecule has 6 nitrogen and oxygen atoms in total. The van der Waals surface area contributed by atoms with Gasteiger partial charge in [0.15, 0.2) is 7.98 Å². The normalized spacial score (nSPS) is 27.6. The van der Waals surface area contributed by atoms with Gasteiger partial charge in [0.05, 0.1) is 11.8 Å². The summed E-state index contributed by atoms with van der Waals surface area (Å²) in [7, 11) is 5.77. The minimum Gasteiger partial charge on any atom is -0.481 e. The van der Waals surface area contributed by atoms with Gasteiger partial charge in [-0.15, -0.1) is 11.3 Å². The Morgan fingerprint density at radius 2 is 2.19 bits per heavy atom. The fourth-order valence-electron chi connectivity index (χ4n) is 4.56. The number of hydrogen-bond donors (Lipinski definition) is 2. The van der Waals surface area contributed by atoms with E-state index in [4.69, 9.17) is 12.7 Å². The summed E-state index contributed by atoms with van der Waals surface area (Å²) < 4.78 is 6.33. The van der Waals surface area contributed by atoms with Gasteiger partial charge in [-0.1, -0.05) is 6.92 Å². The topological polar surface area (TPSA) is 84.3 Å². The molecular weight excluding hydrogens is 361 g/mol. The van der Waals surface area contributed by atoms with Crippen LogP contribution in [0.2, 0.25) is 0 Å². The van der Waals surface area contributed by atoms with E-state index in [1.54, 1.807) is 17.7 Å². The molecule has 2 aromatic heterocycles. The standard InChI is InChI=1S/C19H24BN3O3S/c1-2-19(23-20)7-5-12(6-8-19)26-17-16-15-11(9-14(24)25)3-4-13(15)27-18(16)22-10-21-17/h10-12,23H,2-9H2,1H3,(H,24,25)/t11-,12?,19?/m1/s1. The fourth-order valence-corrected chi connectivity index (χ4v) is 5.80. The Labute approximate surface area is 164 Å². The van der Waals surface area contributed by atoms with Crippen molar-refractivity contribution in [1.29, 1.82) is 0 Å². The number of carbonyl (C=O) groups is 1. The Morgan fingerprint density at radius 1 is 1.41 bits per heavy atom. The van der Waals surface area contributed by atoms with E-state index in [0.29, 0.717) is 5.88 Å². The summed E-state index contributed by atoms with van der Waals surface area (Å²) in [6.07, 6.45) is 8.40. The van der Waals surface area contributed by atoms with E-state index >= 15 is 0 Å². The van der Waals surface area contributed by atoms with Gasteiger partial charge in [-0.25, -0.2) is 9.97 Å². The number of nitrogens with zero attached hydrogens (tertiary/aromatic N) is 2. The third-order valence-corrected chi connectivity index (χ3v) is 7.44. The van der Waals surface area contributed by atoms with Crippen molar-refractivity contribution in [3.05, 3.63) is 16.8 Å². The molecule has 1 atom stereocenters. The van der Waals surface area contributed by atoms with Crippen LogP contribution in [-0.2, 0) is 11.2 Å². The molecule has 2 heterocycles. The summed E-state index contributed by atoms with van der Waals surface area (Å²) in [5.41, 5.74) is 1.12. The predicted molar refractivity (Wildman–Crippen MR) is 106 cm³/mol. The van der Waals surface area contributed by atoms with Gasteiger partial charge >= 0.3 is 5.97 Å². The molecule has 0 aromatic carbocycles. The van der Waals surface area contributed by atoms with Crippen molar-refractivity contribution in [3.63, 3.8) is 0 Å². The largest absolute Gasteiger partial charge is 0.481 e. The maximum Gasteiger partial charge on any atom is 0.303 e. The van der Waals surface area contributed by atoms with Crippen LogP contribution in [0.4, 0.5) is 0 Å². The molecule has 8 heteroatoms. The van der Waals surface area contributed by atoms with Gasteiger partial charge in [-0.3, -0.25) is 4.79 Å². The number of carboxylic acid groups (broad SMARTS) is 1. The van der Waals surface area contributed by atoms with Crippen molar-refractivity contribution in [3.8, 4) is 5.88 Å². The van der Waals surface area contributed by atoms with Crippen LogP contribution in [0.3, 0.4) is 0 Å². The number of aromatic nitrogens is 2. The lowest BCUT2D eigenvalue weighted by atomic mass is 9.77. The molecule has 142 valence electrons. The van der Waals surface area contributed by atoms with Crippen molar-refractivity contribution >= 4 is 35.5 Å². The zero-order chi connectivity index (χ0) is 19.0. The van der Waals surface area contributed by atoms with Crippen molar-refractivity contribution < 1.29 is 14.6 Å². The molecule has 0 saturated heterocycles. The summed E-state index contributed by atoms with van der Waals surface area (Å²) in [5.74, 6) is -0.117. The first-order valence-electron chi connectivity index (χ1n) is 9.67. The van der Waals surface area contributed by atoms with E-state index in [2.05, 4.69) is 22.1 Å². The highest BCUT2D eigenvalue weighted by atomic mass is 32.1. The third kappa shape index (κ3) is 3.45. The Balaban J connectivity index is 1.59. The molecule has 0 aliphatic heterocycles. The van der Waals surface area contributed by atoms with Crippen LogP contribution in [0, 0.1) is 0 Å². The zero-order valence-electron chi connectivity index (χ0n) is 15.5. The van der Waals surface area contributed by atoms with Gasteiger partial charge in [0.2, 0.25) is 5.88 Å². The van der Waals surface area contributed by atoms with Crippen LogP contribution in [0.15, 0.2) is 6.33 Å². The van der Waals surface area contributed by atoms with Gasteiger partial charge in [-0.05, 0) is 56.4 Å². The number of fused-ring (bicyclic) bond motifs is 3. The van der Waals surface area contributed by atoms with Crippen LogP contribution < -0.4 is 9.96 Å². The molecule has 2 radical (unpaired) electrons. The Bertz CT molecular complexity index is 842. The van der Waals surface area contributed by atoms with Gasteiger partial charge in [0, 0.05) is 10.4 Å². The van der Waals surface area contributed by atoms with Crippen molar-refractivity contribution in [1.82, 2.24) is 15.2 Å². The molecule has 0 amide bonds. The first kappa shape index (κ1) is 18.7. The van der Waals surface area contributed by atoms with Crippen LogP contribution in [0.5, 0.6) is 5.88 Å². The van der Waals surface area contributed by atoms with Crippen molar-refractivity contribution in [2.75, 3.05) is 0 Å². The van der Waals surface area contributed by atoms with Crippen LogP contribution in [0.25, 0.3) is 10.2 Å². The molecule has 0 unspecified atom stereocenters. The molecule has 2 aliphatic rings. The number of aliphatic carboxylic acids is 1. The third-order valence-electron chi connectivity index (χ3n) is 6.27. The van der Waals surface area contributed by atoms with E-state index in [1.165, 1.54) is 4.88 Å². The molecule has 2 aromatic rings. The SMILES string of the molecule is [B]NC1(CC)CCC(Oc2ncnc3sc4c(c23)[C@@H](CC(=O)O)CC4)CC1. The Hall–Kier alpha value is -1.67. The molecule has 0 spiro atoms. The average Bonchev–Trinajstić information content (AvgIpc) is 3.22. The minimum absolute atomic E-state index is 0.0110. The highest BCUT2D eigenvalue weighted by molar-refractivity contribution is 7.19. The number of ether oxygens (including phenoxy) is 1. The van der Waals surface area contributed by atoms with Crippen LogP contribution >= 0.6 is 11.3 Å². The molecular formula is C19H24BN3O3S. The number of rotatable bonds is 6. The summed E-state index contributed by atoms with van der Waals surface area (Å²) >= 11 is 1.65. The van der Waals surface area contributed by atoms with Gasteiger partial charge in [-0.2, -0.15) is 0 Å². The predicted octanol–water partition coefficient (Wildman–Crippen LogP) is 3.34. The number of carboxylic acids is 1. The maximum absolute atomic E-state index is 11.3. The summed E-state index contributed by atoms with van der Waals surface area (Å²) in [4.78, 5) is 22.3. The first-order chi connectivity index (χ1) is 13.0. The monoisotopic (exact) mass is 385 g/mol. The van der Waals surface area contributed by atoms with Crippen LogP contribution in [-0.4, -0.2) is 40.7 Å². The lowest BCUT2D eigenvalue weighted by molar-refractivity contribution is -0.137.